The van der Waals surface area contributed by atoms with Gasteiger partial charge in [-0.3, -0.25) is 0 Å². The third kappa shape index (κ3) is 3.38. The van der Waals surface area contributed by atoms with Crippen molar-refractivity contribution in [3.63, 3.8) is 0 Å². The molecule has 0 saturated heterocycles. The molecule has 1 aromatic heterocycles. The van der Waals surface area contributed by atoms with Gasteiger partial charge in [-0.2, -0.15) is 0 Å². The molecule has 0 aliphatic rings. The molecule has 0 fully saturated rings. The maximum absolute atomic E-state index is 5.58. The Kier molecular flexibility index (Phi) is 3.78. The van der Waals surface area contributed by atoms with E-state index in [0.717, 1.165) is 10.8 Å². The minimum Gasteiger partial charge on any atom is -0.327 e. The summed E-state index contributed by atoms with van der Waals surface area (Å²) in [5, 5.41) is 8.86. The molecule has 1 heterocycles. The topological polar surface area (TPSA) is 51.8 Å². The monoisotopic (exact) mass is 203 g/mol. The highest BCUT2D eigenvalue weighted by atomic mass is 35.5. The number of halogens is 1. The van der Waals surface area contributed by atoms with Crippen LogP contribution in [0.1, 0.15) is 6.92 Å². The van der Waals surface area contributed by atoms with Crippen molar-refractivity contribution in [2.75, 3.05) is 5.75 Å². The molecule has 1 rings (SSSR count). The number of hydrogen-bond donors (Lipinski definition) is 1. The van der Waals surface area contributed by atoms with E-state index in [9.17, 15) is 0 Å². The summed E-state index contributed by atoms with van der Waals surface area (Å²) in [6.07, 6.45) is 0. The van der Waals surface area contributed by atoms with Crippen LogP contribution >= 0.6 is 23.4 Å². The van der Waals surface area contributed by atoms with E-state index in [1.54, 1.807) is 17.8 Å². The lowest BCUT2D eigenvalue weighted by Gasteiger charge is -2.02. The molecule has 0 aromatic carbocycles. The van der Waals surface area contributed by atoms with E-state index in [-0.39, 0.29) is 6.04 Å². The minimum absolute atomic E-state index is 0.174. The molecule has 1 aromatic rings. The van der Waals surface area contributed by atoms with Crippen LogP contribution in [-0.4, -0.2) is 22.0 Å². The summed E-state index contributed by atoms with van der Waals surface area (Å²) in [5.74, 6) is 0.844. The maximum Gasteiger partial charge on any atom is 0.151 e. The zero-order valence-electron chi connectivity index (χ0n) is 6.70. The number of nitrogens with zero attached hydrogens (tertiary/aromatic N) is 2. The molecule has 0 radical (unpaired) electrons. The van der Waals surface area contributed by atoms with E-state index in [2.05, 4.69) is 10.2 Å². The van der Waals surface area contributed by atoms with Crippen molar-refractivity contribution in [1.29, 1.82) is 0 Å². The van der Waals surface area contributed by atoms with E-state index in [1.807, 2.05) is 13.0 Å². The Bertz CT molecular complexity index is 237. The Labute approximate surface area is 80.7 Å². The molecule has 66 valence electrons. The average molecular weight is 204 g/mol. The van der Waals surface area contributed by atoms with Gasteiger partial charge in [0.1, 0.15) is 5.03 Å². The fourth-order valence-corrected chi connectivity index (χ4v) is 1.39. The van der Waals surface area contributed by atoms with E-state index >= 15 is 0 Å². The first-order valence-electron chi connectivity index (χ1n) is 3.56. The molecular weight excluding hydrogens is 194 g/mol. The Balaban J connectivity index is 2.48. The van der Waals surface area contributed by atoms with Gasteiger partial charge in [-0.1, -0.05) is 11.6 Å². The van der Waals surface area contributed by atoms with Gasteiger partial charge in [0, 0.05) is 11.8 Å². The molecule has 0 amide bonds. The van der Waals surface area contributed by atoms with Crippen LogP contribution in [0.3, 0.4) is 0 Å². The van der Waals surface area contributed by atoms with Crippen LogP contribution in [0.5, 0.6) is 0 Å². The normalized spacial score (nSPS) is 12.9. The van der Waals surface area contributed by atoms with Gasteiger partial charge in [0.25, 0.3) is 0 Å². The van der Waals surface area contributed by atoms with Gasteiger partial charge < -0.3 is 5.73 Å². The molecule has 1 unspecified atom stereocenters. The number of hydrogen-bond acceptors (Lipinski definition) is 4. The van der Waals surface area contributed by atoms with Crippen molar-refractivity contribution in [3.8, 4) is 0 Å². The number of aromatic nitrogens is 2. The highest BCUT2D eigenvalue weighted by Crippen LogP contribution is 2.15. The van der Waals surface area contributed by atoms with Gasteiger partial charge in [-0.25, -0.2) is 0 Å². The lowest BCUT2D eigenvalue weighted by atomic mass is 10.4. The number of rotatable bonds is 3. The summed E-state index contributed by atoms with van der Waals surface area (Å²) in [7, 11) is 0. The van der Waals surface area contributed by atoms with Crippen LogP contribution in [0.25, 0.3) is 0 Å². The molecule has 0 bridgehead atoms. The van der Waals surface area contributed by atoms with Gasteiger partial charge >= 0.3 is 0 Å². The lowest BCUT2D eigenvalue weighted by molar-refractivity contribution is 0.842. The van der Waals surface area contributed by atoms with Crippen molar-refractivity contribution in [2.24, 2.45) is 5.73 Å². The molecule has 3 nitrogen and oxygen atoms in total. The smallest absolute Gasteiger partial charge is 0.151 e. The maximum atomic E-state index is 5.58. The second-order valence-electron chi connectivity index (χ2n) is 2.48. The lowest BCUT2D eigenvalue weighted by Crippen LogP contribution is -2.17. The van der Waals surface area contributed by atoms with Crippen molar-refractivity contribution < 1.29 is 0 Å². The molecule has 5 heteroatoms. The minimum atomic E-state index is 0.174. The molecule has 0 aliphatic heterocycles. The Hall–Kier alpha value is -0.320. The zero-order chi connectivity index (χ0) is 8.97. The quantitative estimate of drug-likeness (QED) is 0.758. The van der Waals surface area contributed by atoms with Gasteiger partial charge in [0.15, 0.2) is 5.15 Å². The molecule has 1 atom stereocenters. The first kappa shape index (κ1) is 9.77. The second-order valence-corrected chi connectivity index (χ2v) is 3.91. The molecular formula is C7H10ClN3S. The average Bonchev–Trinajstić information content (AvgIpc) is 2.03. The van der Waals surface area contributed by atoms with Crippen molar-refractivity contribution in [2.45, 2.75) is 18.0 Å². The number of nitrogens with two attached hydrogens (primary N) is 1. The van der Waals surface area contributed by atoms with Crippen molar-refractivity contribution >= 4 is 23.4 Å². The van der Waals surface area contributed by atoms with E-state index in [0.29, 0.717) is 5.15 Å². The Morgan fingerprint density at radius 1 is 1.58 bits per heavy atom. The van der Waals surface area contributed by atoms with Gasteiger partial charge in [0.2, 0.25) is 0 Å². The highest BCUT2D eigenvalue weighted by molar-refractivity contribution is 7.99. The van der Waals surface area contributed by atoms with Crippen LogP contribution in [0.15, 0.2) is 17.2 Å². The fourth-order valence-electron chi connectivity index (χ4n) is 0.598. The predicted molar refractivity (Wildman–Crippen MR) is 51.4 cm³/mol. The third-order valence-electron chi connectivity index (χ3n) is 1.10. The Morgan fingerprint density at radius 2 is 2.33 bits per heavy atom. The fraction of sp³-hybridized carbons (Fsp3) is 0.429. The molecule has 0 saturated carbocycles. The van der Waals surface area contributed by atoms with E-state index < -0.39 is 0 Å². The summed E-state index contributed by atoms with van der Waals surface area (Å²) in [6.45, 7) is 1.95. The standard InChI is InChI=1S/C7H10ClN3S/c1-5(9)4-12-7-3-2-6(8)10-11-7/h2-3,5H,4,9H2,1H3. The Morgan fingerprint density at radius 3 is 2.83 bits per heavy atom. The predicted octanol–water partition coefficient (Wildman–Crippen LogP) is 1.57. The van der Waals surface area contributed by atoms with Crippen LogP contribution in [0, 0.1) is 0 Å². The van der Waals surface area contributed by atoms with Gasteiger partial charge in [-0.05, 0) is 19.1 Å². The van der Waals surface area contributed by atoms with E-state index in [1.165, 1.54) is 0 Å². The summed E-state index contributed by atoms with van der Waals surface area (Å²) >= 11 is 7.15. The zero-order valence-corrected chi connectivity index (χ0v) is 8.27. The first-order valence-corrected chi connectivity index (χ1v) is 4.92. The number of thioether (sulfide) groups is 1. The van der Waals surface area contributed by atoms with E-state index in [4.69, 9.17) is 17.3 Å². The van der Waals surface area contributed by atoms with Crippen LogP contribution in [0.4, 0.5) is 0 Å². The molecule has 2 N–H and O–H groups in total. The van der Waals surface area contributed by atoms with Gasteiger partial charge in [0.05, 0.1) is 0 Å². The highest BCUT2D eigenvalue weighted by Gasteiger charge is 1.98. The molecule has 0 spiro atoms. The molecule has 12 heavy (non-hydrogen) atoms. The SMILES string of the molecule is CC(N)CSc1ccc(Cl)nn1. The molecule has 0 aliphatic carbocycles. The summed E-state index contributed by atoms with van der Waals surface area (Å²) < 4.78 is 0. The first-order chi connectivity index (χ1) is 5.68. The van der Waals surface area contributed by atoms with Crippen LogP contribution in [-0.2, 0) is 0 Å². The van der Waals surface area contributed by atoms with Crippen molar-refractivity contribution in [1.82, 2.24) is 10.2 Å². The summed E-state index contributed by atoms with van der Waals surface area (Å²) in [5.41, 5.74) is 5.58. The van der Waals surface area contributed by atoms with Crippen molar-refractivity contribution in [3.05, 3.63) is 17.3 Å². The second kappa shape index (κ2) is 4.64. The third-order valence-corrected chi connectivity index (χ3v) is 2.51. The summed E-state index contributed by atoms with van der Waals surface area (Å²) in [4.78, 5) is 0. The summed E-state index contributed by atoms with van der Waals surface area (Å²) in [6, 6.07) is 3.73. The van der Waals surface area contributed by atoms with Gasteiger partial charge in [-0.15, -0.1) is 22.0 Å². The van der Waals surface area contributed by atoms with Crippen LogP contribution in [0.2, 0.25) is 5.15 Å². The largest absolute Gasteiger partial charge is 0.327 e. The van der Waals surface area contributed by atoms with Crippen LogP contribution < -0.4 is 5.73 Å².